The molecule has 1 aromatic carbocycles. The third kappa shape index (κ3) is 4.86. The Balaban J connectivity index is 0.00000220. The molecule has 2 unspecified atom stereocenters. The number of ether oxygens (including phenoxy) is 1. The van der Waals surface area contributed by atoms with Crippen molar-refractivity contribution in [3.05, 3.63) is 29.6 Å². The first-order chi connectivity index (χ1) is 9.60. The number of hydrogen-bond acceptors (Lipinski definition) is 3. The van der Waals surface area contributed by atoms with Gasteiger partial charge < -0.3 is 15.4 Å². The van der Waals surface area contributed by atoms with Gasteiger partial charge in [-0.25, -0.2) is 4.39 Å². The Bertz CT molecular complexity index is 479. The fraction of sp³-hybridized carbons (Fsp3) is 0.533. The summed E-state index contributed by atoms with van der Waals surface area (Å²) in [6.07, 6.45) is 1.54. The van der Waals surface area contributed by atoms with E-state index in [0.717, 1.165) is 19.5 Å². The molecular formula is C15H22ClFN2O2. The minimum Gasteiger partial charge on any atom is -0.496 e. The van der Waals surface area contributed by atoms with E-state index in [2.05, 4.69) is 10.6 Å². The van der Waals surface area contributed by atoms with Crippen LogP contribution in [0.25, 0.3) is 0 Å². The van der Waals surface area contributed by atoms with E-state index in [9.17, 15) is 9.18 Å². The van der Waals surface area contributed by atoms with Crippen LogP contribution in [0.3, 0.4) is 0 Å². The van der Waals surface area contributed by atoms with Crippen LogP contribution in [0, 0.1) is 11.7 Å². The van der Waals surface area contributed by atoms with Crippen molar-refractivity contribution in [2.24, 2.45) is 5.92 Å². The molecule has 0 radical (unpaired) electrons. The average molecular weight is 317 g/mol. The first-order valence-corrected chi connectivity index (χ1v) is 6.93. The maximum atomic E-state index is 13.3. The summed E-state index contributed by atoms with van der Waals surface area (Å²) in [6, 6.07) is 4.05. The molecule has 0 aromatic heterocycles. The van der Waals surface area contributed by atoms with Gasteiger partial charge in [0, 0.05) is 12.0 Å². The predicted octanol–water partition coefficient (Wildman–Crippen LogP) is 2.43. The molecule has 0 bridgehead atoms. The lowest BCUT2D eigenvalue weighted by Gasteiger charge is -2.18. The fourth-order valence-electron chi connectivity index (χ4n) is 2.57. The predicted molar refractivity (Wildman–Crippen MR) is 82.4 cm³/mol. The highest BCUT2D eigenvalue weighted by Gasteiger charge is 2.20. The van der Waals surface area contributed by atoms with Crippen molar-refractivity contribution in [1.29, 1.82) is 0 Å². The van der Waals surface area contributed by atoms with Crippen molar-refractivity contribution >= 4 is 18.3 Å². The second kappa shape index (κ2) is 8.20. The van der Waals surface area contributed by atoms with Gasteiger partial charge in [0.2, 0.25) is 5.91 Å². The van der Waals surface area contributed by atoms with Gasteiger partial charge in [0.1, 0.15) is 11.6 Å². The number of carbonyl (C=O) groups excluding carboxylic acids is 1. The molecule has 1 saturated heterocycles. The number of carbonyl (C=O) groups is 1. The molecule has 118 valence electrons. The summed E-state index contributed by atoms with van der Waals surface area (Å²) in [5.41, 5.74) is 0.658. The van der Waals surface area contributed by atoms with Crippen molar-refractivity contribution in [3.8, 4) is 5.75 Å². The van der Waals surface area contributed by atoms with E-state index in [4.69, 9.17) is 4.74 Å². The van der Waals surface area contributed by atoms with Crippen LogP contribution in [-0.2, 0) is 4.79 Å². The SMILES string of the molecule is COc1ccc(F)cc1C(C)NC(=O)CC1CCNC1.Cl. The zero-order valence-electron chi connectivity index (χ0n) is 12.3. The van der Waals surface area contributed by atoms with Crippen LogP contribution in [0.4, 0.5) is 4.39 Å². The minimum absolute atomic E-state index is 0. The van der Waals surface area contributed by atoms with Gasteiger partial charge in [-0.3, -0.25) is 4.79 Å². The molecule has 1 amide bonds. The Kier molecular flexibility index (Phi) is 6.92. The number of halogens is 2. The van der Waals surface area contributed by atoms with E-state index >= 15 is 0 Å². The Morgan fingerprint density at radius 2 is 2.33 bits per heavy atom. The molecule has 1 heterocycles. The van der Waals surface area contributed by atoms with E-state index in [1.807, 2.05) is 6.92 Å². The fourth-order valence-corrected chi connectivity index (χ4v) is 2.57. The summed E-state index contributed by atoms with van der Waals surface area (Å²) in [5, 5.41) is 6.15. The van der Waals surface area contributed by atoms with Gasteiger partial charge in [0.05, 0.1) is 13.2 Å². The van der Waals surface area contributed by atoms with Crippen molar-refractivity contribution < 1.29 is 13.9 Å². The van der Waals surface area contributed by atoms with E-state index in [1.165, 1.54) is 19.2 Å². The van der Waals surface area contributed by atoms with Crippen molar-refractivity contribution in [1.82, 2.24) is 10.6 Å². The molecule has 2 N–H and O–H groups in total. The summed E-state index contributed by atoms with van der Waals surface area (Å²) >= 11 is 0. The first kappa shape index (κ1) is 17.7. The summed E-state index contributed by atoms with van der Waals surface area (Å²) in [6.45, 7) is 3.71. The average Bonchev–Trinajstić information content (AvgIpc) is 2.91. The van der Waals surface area contributed by atoms with Crippen LogP contribution in [0.15, 0.2) is 18.2 Å². The molecule has 0 aliphatic carbocycles. The molecule has 6 heteroatoms. The molecule has 1 fully saturated rings. The van der Waals surface area contributed by atoms with E-state index in [1.54, 1.807) is 6.07 Å². The normalized spacial score (nSPS) is 18.7. The van der Waals surface area contributed by atoms with Crippen LogP contribution < -0.4 is 15.4 Å². The Morgan fingerprint density at radius 1 is 1.57 bits per heavy atom. The number of methoxy groups -OCH3 is 1. The quantitative estimate of drug-likeness (QED) is 0.877. The van der Waals surface area contributed by atoms with Gasteiger partial charge in [0.15, 0.2) is 0 Å². The van der Waals surface area contributed by atoms with Gasteiger partial charge >= 0.3 is 0 Å². The number of nitrogens with one attached hydrogen (secondary N) is 2. The lowest BCUT2D eigenvalue weighted by atomic mass is 10.0. The van der Waals surface area contributed by atoms with Gasteiger partial charge in [-0.15, -0.1) is 12.4 Å². The number of hydrogen-bond donors (Lipinski definition) is 2. The summed E-state index contributed by atoms with van der Waals surface area (Å²) < 4.78 is 18.5. The van der Waals surface area contributed by atoms with Crippen molar-refractivity contribution in [2.75, 3.05) is 20.2 Å². The molecular weight excluding hydrogens is 295 g/mol. The largest absolute Gasteiger partial charge is 0.496 e. The molecule has 1 aliphatic rings. The zero-order valence-corrected chi connectivity index (χ0v) is 13.1. The Hall–Kier alpha value is -1.33. The highest BCUT2D eigenvalue weighted by Crippen LogP contribution is 2.26. The maximum Gasteiger partial charge on any atom is 0.220 e. The summed E-state index contributed by atoms with van der Waals surface area (Å²) in [5.74, 6) is 0.651. The highest BCUT2D eigenvalue weighted by atomic mass is 35.5. The third-order valence-corrected chi connectivity index (χ3v) is 3.67. The van der Waals surface area contributed by atoms with Crippen molar-refractivity contribution in [2.45, 2.75) is 25.8 Å². The highest BCUT2D eigenvalue weighted by molar-refractivity contribution is 5.85. The molecule has 1 aromatic rings. The lowest BCUT2D eigenvalue weighted by Crippen LogP contribution is -2.29. The van der Waals surface area contributed by atoms with E-state index in [-0.39, 0.29) is 30.2 Å². The van der Waals surface area contributed by atoms with Gasteiger partial charge in [0.25, 0.3) is 0 Å². The second-order valence-electron chi connectivity index (χ2n) is 5.24. The van der Waals surface area contributed by atoms with Gasteiger partial charge in [-0.05, 0) is 50.6 Å². The van der Waals surface area contributed by atoms with Gasteiger partial charge in [-0.2, -0.15) is 0 Å². The summed E-state index contributed by atoms with van der Waals surface area (Å²) in [4.78, 5) is 12.0. The van der Waals surface area contributed by atoms with E-state index < -0.39 is 0 Å². The standard InChI is InChI=1S/C15H21FN2O2.ClH/c1-10(13-8-12(16)3-4-14(13)20-2)18-15(19)7-11-5-6-17-9-11;/h3-4,8,10-11,17H,5-7,9H2,1-2H3,(H,18,19);1H. The molecule has 0 spiro atoms. The molecule has 0 saturated carbocycles. The van der Waals surface area contributed by atoms with Crippen LogP contribution >= 0.6 is 12.4 Å². The zero-order chi connectivity index (χ0) is 14.5. The molecule has 1 aliphatic heterocycles. The number of rotatable bonds is 5. The number of benzene rings is 1. The Morgan fingerprint density at radius 3 is 2.95 bits per heavy atom. The third-order valence-electron chi connectivity index (χ3n) is 3.67. The molecule has 2 atom stereocenters. The molecule has 21 heavy (non-hydrogen) atoms. The van der Waals surface area contributed by atoms with Crippen LogP contribution in [0.2, 0.25) is 0 Å². The first-order valence-electron chi connectivity index (χ1n) is 6.93. The second-order valence-corrected chi connectivity index (χ2v) is 5.24. The number of amides is 1. The molecule has 4 nitrogen and oxygen atoms in total. The monoisotopic (exact) mass is 316 g/mol. The lowest BCUT2D eigenvalue weighted by molar-refractivity contribution is -0.122. The van der Waals surface area contributed by atoms with Crippen LogP contribution in [-0.4, -0.2) is 26.1 Å². The summed E-state index contributed by atoms with van der Waals surface area (Å²) in [7, 11) is 1.54. The van der Waals surface area contributed by atoms with Crippen LogP contribution in [0.5, 0.6) is 5.75 Å². The smallest absolute Gasteiger partial charge is 0.220 e. The topological polar surface area (TPSA) is 50.4 Å². The van der Waals surface area contributed by atoms with Crippen molar-refractivity contribution in [3.63, 3.8) is 0 Å². The minimum atomic E-state index is -0.332. The van der Waals surface area contributed by atoms with E-state index in [0.29, 0.717) is 23.7 Å². The van der Waals surface area contributed by atoms with Crippen LogP contribution in [0.1, 0.15) is 31.4 Å². The maximum absolute atomic E-state index is 13.3. The molecule has 2 rings (SSSR count). The van der Waals surface area contributed by atoms with Gasteiger partial charge in [-0.1, -0.05) is 0 Å². The Labute approximate surface area is 130 Å².